The lowest BCUT2D eigenvalue weighted by Gasteiger charge is -2.20. The van der Waals surface area contributed by atoms with Crippen LogP contribution in [-0.2, 0) is 17.8 Å². The summed E-state index contributed by atoms with van der Waals surface area (Å²) in [5, 5.41) is 15.0. The molecule has 0 aliphatic carbocycles. The Morgan fingerprint density at radius 1 is 1.35 bits per heavy atom. The van der Waals surface area contributed by atoms with Gasteiger partial charge in [-0.05, 0) is 50.1 Å². The summed E-state index contributed by atoms with van der Waals surface area (Å²) in [6.45, 7) is 5.03. The van der Waals surface area contributed by atoms with Crippen LogP contribution in [0.3, 0.4) is 0 Å². The van der Waals surface area contributed by atoms with Crippen LogP contribution in [0.15, 0.2) is 18.2 Å². The number of hydrogen-bond donors (Lipinski definition) is 3. The standard InChI is InChI=1S/C15H20N2O3/c1-15(2,14(19)20)9-17-13(18)11-4-3-10-5-6-16-8-12(10)7-11/h3-4,7,16H,5-6,8-9H2,1-2H3,(H,17,18)(H,19,20). The minimum atomic E-state index is -0.967. The number of carbonyl (C=O) groups is 2. The number of carboxylic acid groups (broad SMARTS) is 1. The first kappa shape index (κ1) is 14.5. The highest BCUT2D eigenvalue weighted by Crippen LogP contribution is 2.17. The Bertz CT molecular complexity index is 538. The van der Waals surface area contributed by atoms with E-state index in [0.717, 1.165) is 25.1 Å². The van der Waals surface area contributed by atoms with Crippen molar-refractivity contribution < 1.29 is 14.7 Å². The van der Waals surface area contributed by atoms with Gasteiger partial charge < -0.3 is 15.7 Å². The summed E-state index contributed by atoms with van der Waals surface area (Å²) in [6, 6.07) is 5.66. The Kier molecular flexibility index (Phi) is 4.09. The Morgan fingerprint density at radius 2 is 2.10 bits per heavy atom. The van der Waals surface area contributed by atoms with E-state index < -0.39 is 11.4 Å². The molecule has 0 spiro atoms. The number of amides is 1. The van der Waals surface area contributed by atoms with Crippen molar-refractivity contribution in [2.24, 2.45) is 5.41 Å². The largest absolute Gasteiger partial charge is 0.481 e. The molecule has 1 amide bonds. The lowest BCUT2D eigenvalue weighted by molar-refractivity contribution is -0.146. The van der Waals surface area contributed by atoms with Crippen LogP contribution in [0.2, 0.25) is 0 Å². The van der Waals surface area contributed by atoms with E-state index in [1.807, 2.05) is 12.1 Å². The molecular formula is C15H20N2O3. The fourth-order valence-corrected chi connectivity index (χ4v) is 2.10. The van der Waals surface area contributed by atoms with Crippen molar-refractivity contribution in [3.05, 3.63) is 34.9 Å². The van der Waals surface area contributed by atoms with Crippen molar-refractivity contribution in [3.63, 3.8) is 0 Å². The quantitative estimate of drug-likeness (QED) is 0.771. The van der Waals surface area contributed by atoms with E-state index in [1.54, 1.807) is 19.9 Å². The zero-order valence-corrected chi connectivity index (χ0v) is 11.8. The number of carboxylic acids is 1. The van der Waals surface area contributed by atoms with E-state index in [2.05, 4.69) is 10.6 Å². The van der Waals surface area contributed by atoms with Gasteiger partial charge in [0.05, 0.1) is 5.41 Å². The number of benzene rings is 1. The van der Waals surface area contributed by atoms with Gasteiger partial charge in [0.15, 0.2) is 0 Å². The molecule has 20 heavy (non-hydrogen) atoms. The summed E-state index contributed by atoms with van der Waals surface area (Å²) >= 11 is 0. The predicted octanol–water partition coefficient (Wildman–Crippen LogP) is 1.17. The monoisotopic (exact) mass is 276 g/mol. The van der Waals surface area contributed by atoms with Gasteiger partial charge in [0, 0.05) is 18.7 Å². The number of fused-ring (bicyclic) bond motifs is 1. The minimum Gasteiger partial charge on any atom is -0.481 e. The number of rotatable bonds is 4. The maximum atomic E-state index is 12.1. The zero-order valence-electron chi connectivity index (χ0n) is 11.8. The highest BCUT2D eigenvalue weighted by molar-refractivity contribution is 5.94. The fraction of sp³-hybridized carbons (Fsp3) is 0.467. The van der Waals surface area contributed by atoms with Crippen molar-refractivity contribution in [1.29, 1.82) is 0 Å². The molecule has 108 valence electrons. The van der Waals surface area contributed by atoms with Gasteiger partial charge in [0.1, 0.15) is 0 Å². The maximum Gasteiger partial charge on any atom is 0.310 e. The number of hydrogen-bond acceptors (Lipinski definition) is 3. The first-order chi connectivity index (χ1) is 9.40. The van der Waals surface area contributed by atoms with Gasteiger partial charge in [-0.25, -0.2) is 0 Å². The molecular weight excluding hydrogens is 256 g/mol. The van der Waals surface area contributed by atoms with Gasteiger partial charge in [0.25, 0.3) is 5.91 Å². The van der Waals surface area contributed by atoms with Gasteiger partial charge in [-0.2, -0.15) is 0 Å². The Balaban J connectivity index is 2.04. The second-order valence-electron chi connectivity index (χ2n) is 5.78. The normalized spacial score (nSPS) is 14.5. The highest BCUT2D eigenvalue weighted by Gasteiger charge is 2.27. The SMILES string of the molecule is CC(C)(CNC(=O)c1ccc2c(c1)CNCC2)C(=O)O. The minimum absolute atomic E-state index is 0.108. The molecule has 0 bridgehead atoms. The number of carbonyl (C=O) groups excluding carboxylic acids is 1. The van der Waals surface area contributed by atoms with Crippen LogP contribution in [0.5, 0.6) is 0 Å². The van der Waals surface area contributed by atoms with Gasteiger partial charge in [-0.1, -0.05) is 6.07 Å². The van der Waals surface area contributed by atoms with Crippen molar-refractivity contribution in [2.45, 2.75) is 26.8 Å². The summed E-state index contributed by atoms with van der Waals surface area (Å²) < 4.78 is 0. The molecule has 1 aliphatic heterocycles. The third kappa shape index (κ3) is 3.17. The van der Waals surface area contributed by atoms with Crippen molar-refractivity contribution in [3.8, 4) is 0 Å². The van der Waals surface area contributed by atoms with Crippen LogP contribution in [0.1, 0.15) is 35.3 Å². The lowest BCUT2D eigenvalue weighted by atomic mass is 9.93. The van der Waals surface area contributed by atoms with E-state index in [4.69, 9.17) is 5.11 Å². The summed E-state index contributed by atoms with van der Waals surface area (Å²) in [5.41, 5.74) is 2.02. The lowest BCUT2D eigenvalue weighted by Crippen LogP contribution is -2.39. The van der Waals surface area contributed by atoms with E-state index in [1.165, 1.54) is 5.56 Å². The van der Waals surface area contributed by atoms with Gasteiger partial charge >= 0.3 is 5.97 Å². The molecule has 1 heterocycles. The molecule has 0 atom stereocenters. The molecule has 2 rings (SSSR count). The molecule has 5 nitrogen and oxygen atoms in total. The average Bonchev–Trinajstić information content (AvgIpc) is 2.44. The fourth-order valence-electron chi connectivity index (χ4n) is 2.10. The topological polar surface area (TPSA) is 78.4 Å². The van der Waals surface area contributed by atoms with Crippen LogP contribution in [-0.4, -0.2) is 30.1 Å². The summed E-state index contributed by atoms with van der Waals surface area (Å²) in [5.74, 6) is -1.15. The van der Waals surface area contributed by atoms with E-state index in [0.29, 0.717) is 5.56 Å². The molecule has 0 fully saturated rings. The van der Waals surface area contributed by atoms with Crippen LogP contribution >= 0.6 is 0 Å². The second-order valence-corrected chi connectivity index (χ2v) is 5.78. The van der Waals surface area contributed by atoms with Crippen LogP contribution in [0.4, 0.5) is 0 Å². The average molecular weight is 276 g/mol. The zero-order chi connectivity index (χ0) is 14.8. The maximum absolute atomic E-state index is 12.1. The first-order valence-electron chi connectivity index (χ1n) is 6.74. The van der Waals surface area contributed by atoms with Crippen LogP contribution in [0.25, 0.3) is 0 Å². The molecule has 1 aromatic rings. The molecule has 0 saturated carbocycles. The second kappa shape index (κ2) is 5.63. The molecule has 1 aromatic carbocycles. The van der Waals surface area contributed by atoms with E-state index >= 15 is 0 Å². The van der Waals surface area contributed by atoms with Crippen LogP contribution < -0.4 is 10.6 Å². The van der Waals surface area contributed by atoms with Gasteiger partial charge in [-0.3, -0.25) is 9.59 Å². The van der Waals surface area contributed by atoms with Crippen molar-refractivity contribution in [1.82, 2.24) is 10.6 Å². The van der Waals surface area contributed by atoms with E-state index in [-0.39, 0.29) is 12.5 Å². The van der Waals surface area contributed by atoms with Crippen LogP contribution in [0, 0.1) is 5.41 Å². The molecule has 0 aromatic heterocycles. The summed E-state index contributed by atoms with van der Waals surface area (Å²) in [4.78, 5) is 23.1. The van der Waals surface area contributed by atoms with Crippen molar-refractivity contribution >= 4 is 11.9 Å². The molecule has 0 saturated heterocycles. The smallest absolute Gasteiger partial charge is 0.310 e. The number of aliphatic carboxylic acids is 1. The molecule has 1 aliphatic rings. The Labute approximate surface area is 118 Å². The molecule has 3 N–H and O–H groups in total. The van der Waals surface area contributed by atoms with E-state index in [9.17, 15) is 9.59 Å². The molecule has 5 heteroatoms. The first-order valence-corrected chi connectivity index (χ1v) is 6.74. The molecule has 0 radical (unpaired) electrons. The Hall–Kier alpha value is -1.88. The molecule has 0 unspecified atom stereocenters. The predicted molar refractivity (Wildman–Crippen MR) is 75.6 cm³/mol. The highest BCUT2D eigenvalue weighted by atomic mass is 16.4. The number of nitrogens with one attached hydrogen (secondary N) is 2. The summed E-state index contributed by atoms with van der Waals surface area (Å²) in [7, 11) is 0. The van der Waals surface area contributed by atoms with Gasteiger partial charge in [0.2, 0.25) is 0 Å². The third-order valence-corrected chi connectivity index (χ3v) is 3.62. The van der Waals surface area contributed by atoms with Crippen molar-refractivity contribution in [2.75, 3.05) is 13.1 Å². The van der Waals surface area contributed by atoms with Gasteiger partial charge in [-0.15, -0.1) is 0 Å². The third-order valence-electron chi connectivity index (χ3n) is 3.62. The Morgan fingerprint density at radius 3 is 2.80 bits per heavy atom. The summed E-state index contributed by atoms with van der Waals surface area (Å²) in [6.07, 6.45) is 0.975.